The third-order valence-corrected chi connectivity index (χ3v) is 17.2. The third kappa shape index (κ3) is 8.26. The average molecular weight is 572 g/mol. The van der Waals surface area contributed by atoms with Gasteiger partial charge in [0.2, 0.25) is 0 Å². The fraction of sp³-hybridized carbons (Fsp3) is 0.529. The quantitative estimate of drug-likeness (QED) is 0.163. The molecule has 2 heteroatoms. The number of hydrogen-bond acceptors (Lipinski definition) is 0. The second kappa shape index (κ2) is 14.8. The van der Waals surface area contributed by atoms with E-state index in [2.05, 4.69) is 62.4 Å². The predicted octanol–water partition coefficient (Wildman–Crippen LogP) is 9.95. The van der Waals surface area contributed by atoms with Crippen molar-refractivity contribution in [1.82, 2.24) is 0 Å². The van der Waals surface area contributed by atoms with E-state index < -0.39 is 0 Å². The molecule has 2 fully saturated rings. The van der Waals surface area contributed by atoms with Gasteiger partial charge in [-0.2, -0.15) is 29.8 Å². The molecule has 0 saturated heterocycles. The zero-order chi connectivity index (χ0) is 25.2. The second-order valence-corrected chi connectivity index (χ2v) is 18.0. The third-order valence-electron chi connectivity index (χ3n) is 8.27. The summed E-state index contributed by atoms with van der Waals surface area (Å²) in [5, 5.41) is 0. The number of fused-ring (bicyclic) bond motifs is 3. The first-order valence-corrected chi connectivity index (χ1v) is 19.9. The molecule has 0 aromatic heterocycles. The summed E-state index contributed by atoms with van der Waals surface area (Å²) >= 11 is 1.96. The van der Waals surface area contributed by atoms with Gasteiger partial charge >= 0.3 is 117 Å². The topological polar surface area (TPSA) is 0 Å². The molecule has 0 nitrogen and oxygen atoms in total. The van der Waals surface area contributed by atoms with Crippen LogP contribution < -0.4 is 0 Å². The Labute approximate surface area is 236 Å². The summed E-state index contributed by atoms with van der Waals surface area (Å²) in [4.78, 5) is 0. The van der Waals surface area contributed by atoms with Crippen molar-refractivity contribution in [1.29, 1.82) is 0 Å². The molecule has 188 valence electrons. The summed E-state index contributed by atoms with van der Waals surface area (Å²) in [5.74, 6) is 0. The van der Waals surface area contributed by atoms with Crippen LogP contribution in [0.4, 0.5) is 0 Å². The number of hydrogen-bond donors (Lipinski definition) is 0. The van der Waals surface area contributed by atoms with E-state index >= 15 is 0 Å². The fourth-order valence-corrected chi connectivity index (χ4v) is 13.2. The van der Waals surface area contributed by atoms with Crippen LogP contribution in [0.15, 0.2) is 48.6 Å². The van der Waals surface area contributed by atoms with Crippen molar-refractivity contribution in [2.45, 2.75) is 115 Å². The molecule has 2 aromatic carbocycles. The molecule has 4 aliphatic rings. The van der Waals surface area contributed by atoms with Gasteiger partial charge in [0.25, 0.3) is 0 Å². The SMILES string of the molecule is Cc1[c-]c2c(cc1)-c1ccc(C)cc1C2.[C-]1=CC=CC1.[Zr+2]=[Si](C1CCCCCC1)C1CCCCCC1. The van der Waals surface area contributed by atoms with Crippen LogP contribution in [0.3, 0.4) is 0 Å². The van der Waals surface area contributed by atoms with E-state index in [0.29, 0.717) is 0 Å². The van der Waals surface area contributed by atoms with E-state index in [9.17, 15) is 0 Å². The van der Waals surface area contributed by atoms with Crippen LogP contribution in [-0.4, -0.2) is 5.43 Å². The van der Waals surface area contributed by atoms with Crippen LogP contribution >= 0.6 is 0 Å². The van der Waals surface area contributed by atoms with Crippen LogP contribution in [0.1, 0.15) is 106 Å². The Balaban J connectivity index is 0.000000142. The zero-order valence-corrected chi connectivity index (χ0v) is 26.1. The van der Waals surface area contributed by atoms with Crippen molar-refractivity contribution >= 4 is 5.43 Å². The Morgan fingerprint density at radius 3 is 1.92 bits per heavy atom. The van der Waals surface area contributed by atoms with Gasteiger partial charge in [0, 0.05) is 0 Å². The van der Waals surface area contributed by atoms with Gasteiger partial charge < -0.3 is 0 Å². The van der Waals surface area contributed by atoms with E-state index in [1.165, 1.54) is 70.1 Å². The van der Waals surface area contributed by atoms with Crippen LogP contribution in [0, 0.1) is 26.0 Å². The van der Waals surface area contributed by atoms with Crippen molar-refractivity contribution < 1.29 is 23.3 Å². The molecule has 2 aromatic rings. The molecular weight excluding hydrogens is 528 g/mol. The first kappa shape index (κ1) is 28.0. The minimum absolute atomic E-state index is 0.0532. The van der Waals surface area contributed by atoms with Gasteiger partial charge in [-0.1, -0.05) is 36.2 Å². The molecular formula is C34H44SiZr. The minimum atomic E-state index is 0.0532. The Hall–Kier alpha value is -0.980. The molecule has 6 rings (SSSR count). The van der Waals surface area contributed by atoms with Crippen LogP contribution in [-0.2, 0) is 29.8 Å². The van der Waals surface area contributed by atoms with Crippen LogP contribution in [0.5, 0.6) is 0 Å². The van der Waals surface area contributed by atoms with Crippen LogP contribution in [0.2, 0.25) is 11.1 Å². The normalized spacial score (nSPS) is 19.2. The summed E-state index contributed by atoms with van der Waals surface area (Å²) in [6.07, 6.45) is 29.8. The molecule has 0 spiro atoms. The zero-order valence-electron chi connectivity index (χ0n) is 22.7. The summed E-state index contributed by atoms with van der Waals surface area (Å²) in [6, 6.07) is 14.5. The number of rotatable bonds is 2. The standard InChI is InChI=1S/C15H13.C14H26Si.C5H5.Zr/c1-10-3-5-14-12(7-10)9-13-8-11(2)4-6-15(13)14;1-2-6-10-13(9-5-1)15-14-11-7-3-4-8-12-14;1-2-4-5-3-1;/h3-7H,9H2,1-2H3;13-14H,1-12H2;1-3H,4H2;/q-1;;-1;+2. The summed E-state index contributed by atoms with van der Waals surface area (Å²) in [5.41, 5.74) is 10.6. The van der Waals surface area contributed by atoms with E-state index in [1.54, 1.807) is 51.4 Å². The Bertz CT molecular complexity index is 965. The van der Waals surface area contributed by atoms with Gasteiger partial charge in [0.1, 0.15) is 0 Å². The Kier molecular flexibility index (Phi) is 11.5. The molecule has 2 saturated carbocycles. The fourth-order valence-electron chi connectivity index (χ4n) is 6.22. The molecule has 0 radical (unpaired) electrons. The predicted molar refractivity (Wildman–Crippen MR) is 153 cm³/mol. The van der Waals surface area contributed by atoms with Gasteiger partial charge in [0.15, 0.2) is 0 Å². The molecule has 0 N–H and O–H groups in total. The van der Waals surface area contributed by atoms with Crippen molar-refractivity contribution in [2.24, 2.45) is 0 Å². The molecule has 0 bridgehead atoms. The van der Waals surface area contributed by atoms with Crippen LogP contribution in [0.25, 0.3) is 11.1 Å². The monoisotopic (exact) mass is 570 g/mol. The van der Waals surface area contributed by atoms with Gasteiger partial charge in [0.05, 0.1) is 0 Å². The molecule has 0 heterocycles. The number of benzene rings is 2. The molecule has 0 amide bonds. The Morgan fingerprint density at radius 2 is 1.39 bits per heavy atom. The molecule has 36 heavy (non-hydrogen) atoms. The van der Waals surface area contributed by atoms with Gasteiger partial charge in [-0.05, 0) is 18.9 Å². The van der Waals surface area contributed by atoms with Crippen molar-refractivity contribution in [3.05, 3.63) is 83.0 Å². The van der Waals surface area contributed by atoms with Gasteiger partial charge in [-0.3, -0.25) is 6.08 Å². The van der Waals surface area contributed by atoms with Crippen molar-refractivity contribution in [3.8, 4) is 11.1 Å². The summed E-state index contributed by atoms with van der Waals surface area (Å²) in [7, 11) is 0. The van der Waals surface area contributed by atoms with Crippen molar-refractivity contribution in [2.75, 3.05) is 0 Å². The van der Waals surface area contributed by atoms with E-state index in [4.69, 9.17) is 0 Å². The van der Waals surface area contributed by atoms with E-state index in [-0.39, 0.29) is 5.43 Å². The average Bonchev–Trinajstić information content (AvgIpc) is 3.38. The number of aryl methyl sites for hydroxylation is 2. The van der Waals surface area contributed by atoms with Gasteiger partial charge in [-0.25, -0.2) is 12.2 Å². The maximum atomic E-state index is 3.45. The van der Waals surface area contributed by atoms with E-state index in [1.807, 2.05) is 35.5 Å². The molecule has 0 unspecified atom stereocenters. The van der Waals surface area contributed by atoms with Gasteiger partial charge in [-0.15, -0.1) is 17.5 Å². The maximum absolute atomic E-state index is 3.45. The summed E-state index contributed by atoms with van der Waals surface area (Å²) in [6.45, 7) is 4.26. The number of allylic oxidation sites excluding steroid dienone is 4. The molecule has 4 aliphatic carbocycles. The van der Waals surface area contributed by atoms with E-state index in [0.717, 1.165) is 12.8 Å². The second-order valence-electron chi connectivity index (χ2n) is 11.2. The first-order valence-electron chi connectivity index (χ1n) is 14.5. The van der Waals surface area contributed by atoms with Crippen molar-refractivity contribution in [3.63, 3.8) is 0 Å². The first-order chi connectivity index (χ1) is 17.6. The molecule has 0 aliphatic heterocycles. The molecule has 0 atom stereocenters. The Morgan fingerprint density at radius 1 is 0.778 bits per heavy atom. The summed E-state index contributed by atoms with van der Waals surface area (Å²) < 4.78 is 0.